The van der Waals surface area contributed by atoms with Crippen molar-refractivity contribution in [3.63, 3.8) is 0 Å². The molecule has 0 saturated carbocycles. The highest BCUT2D eigenvalue weighted by Crippen LogP contribution is 2.43. The first-order chi connectivity index (χ1) is 20.8. The second-order valence-electron chi connectivity index (χ2n) is 11.6. The molecule has 0 radical (unpaired) electrons. The van der Waals surface area contributed by atoms with E-state index in [9.17, 15) is 0 Å². The number of aryl methyl sites for hydroxylation is 1. The average molecular weight is 556 g/mol. The van der Waals surface area contributed by atoms with E-state index in [1.54, 1.807) is 0 Å². The van der Waals surface area contributed by atoms with Gasteiger partial charge in [0.25, 0.3) is 0 Å². The van der Waals surface area contributed by atoms with Gasteiger partial charge in [-0.3, -0.25) is 0 Å². The van der Waals surface area contributed by atoms with E-state index in [1.807, 2.05) is 11.3 Å². The number of fused-ring (bicyclic) bond motifs is 9. The Morgan fingerprint density at radius 1 is 0.714 bits per heavy atom. The molecule has 0 N–H and O–H groups in total. The van der Waals surface area contributed by atoms with Crippen molar-refractivity contribution in [2.45, 2.75) is 19.3 Å². The molecule has 9 rings (SSSR count). The van der Waals surface area contributed by atoms with Crippen LogP contribution in [0.2, 0.25) is 0 Å². The predicted octanol–water partition coefficient (Wildman–Crippen LogP) is 9.41. The molecule has 0 fully saturated rings. The Hall–Kier alpha value is -4.66. The summed E-state index contributed by atoms with van der Waals surface area (Å²) in [5.74, 6) is 0.463. The molecule has 0 spiro atoms. The number of hydrogen-bond donors (Lipinski definition) is 0. The number of allylic oxidation sites excluding steroid dienone is 5. The minimum Gasteiger partial charge on any atom is -0.314 e. The van der Waals surface area contributed by atoms with Crippen LogP contribution >= 0.6 is 11.3 Å². The summed E-state index contributed by atoms with van der Waals surface area (Å²) in [6.45, 7) is 0. The second-order valence-corrected chi connectivity index (χ2v) is 12.6. The van der Waals surface area contributed by atoms with Crippen molar-refractivity contribution in [1.82, 2.24) is 0 Å². The van der Waals surface area contributed by atoms with Crippen LogP contribution < -0.4 is 15.3 Å². The first-order valence-electron chi connectivity index (χ1n) is 14.9. The monoisotopic (exact) mass is 555 g/mol. The van der Waals surface area contributed by atoms with Gasteiger partial charge >= 0.3 is 0 Å². The summed E-state index contributed by atoms with van der Waals surface area (Å²) >= 11 is 1.91. The summed E-state index contributed by atoms with van der Waals surface area (Å²) in [4.78, 5) is 2.53. The highest BCUT2D eigenvalue weighted by Gasteiger charge is 2.25. The SMILES string of the molecule is C1=CC2=c3c(cc(N(C4=Cc5ccc6sc7ccccc7c6c5CC4)c4ccccc4)c4ccccc34)=CCC2C=C1. The van der Waals surface area contributed by atoms with E-state index in [0.717, 1.165) is 19.3 Å². The highest BCUT2D eigenvalue weighted by atomic mass is 32.1. The molecule has 0 amide bonds. The van der Waals surface area contributed by atoms with E-state index in [-0.39, 0.29) is 0 Å². The van der Waals surface area contributed by atoms with Gasteiger partial charge in [-0.2, -0.15) is 0 Å². The van der Waals surface area contributed by atoms with E-state index in [2.05, 4.69) is 138 Å². The van der Waals surface area contributed by atoms with Gasteiger partial charge in [0, 0.05) is 42.9 Å². The van der Waals surface area contributed by atoms with Crippen molar-refractivity contribution >= 4 is 71.4 Å². The van der Waals surface area contributed by atoms with Crippen LogP contribution in [0.5, 0.6) is 0 Å². The minimum atomic E-state index is 0.463. The number of nitrogens with zero attached hydrogens (tertiary/aromatic N) is 1. The molecular weight excluding hydrogens is 527 g/mol. The van der Waals surface area contributed by atoms with Crippen LogP contribution in [-0.4, -0.2) is 0 Å². The molecule has 42 heavy (non-hydrogen) atoms. The maximum absolute atomic E-state index is 2.53. The normalized spacial score (nSPS) is 17.1. The van der Waals surface area contributed by atoms with Crippen LogP contribution in [-0.2, 0) is 6.42 Å². The number of anilines is 2. The maximum Gasteiger partial charge on any atom is 0.0543 e. The first kappa shape index (κ1) is 24.0. The molecule has 2 heteroatoms. The van der Waals surface area contributed by atoms with E-state index < -0.39 is 0 Å². The van der Waals surface area contributed by atoms with Gasteiger partial charge in [-0.1, -0.05) is 97.1 Å². The van der Waals surface area contributed by atoms with E-state index in [0.29, 0.717) is 5.92 Å². The van der Waals surface area contributed by atoms with Gasteiger partial charge in [0.15, 0.2) is 0 Å². The molecule has 200 valence electrons. The molecular formula is C40H29NS. The largest absolute Gasteiger partial charge is 0.314 e. The summed E-state index contributed by atoms with van der Waals surface area (Å²) in [5, 5.41) is 8.23. The lowest BCUT2D eigenvalue weighted by molar-refractivity contribution is 0.864. The minimum absolute atomic E-state index is 0.463. The number of rotatable bonds is 3. The Morgan fingerprint density at radius 2 is 1.52 bits per heavy atom. The van der Waals surface area contributed by atoms with Gasteiger partial charge < -0.3 is 4.90 Å². The van der Waals surface area contributed by atoms with E-state index in [4.69, 9.17) is 0 Å². The van der Waals surface area contributed by atoms with Crippen LogP contribution in [0.3, 0.4) is 0 Å². The zero-order chi connectivity index (χ0) is 27.6. The Bertz CT molecular complexity index is 2280. The van der Waals surface area contributed by atoms with E-state index >= 15 is 0 Å². The van der Waals surface area contributed by atoms with Gasteiger partial charge in [-0.25, -0.2) is 0 Å². The molecule has 3 aliphatic rings. The second kappa shape index (κ2) is 9.44. The third-order valence-electron chi connectivity index (χ3n) is 9.25. The number of hydrogen-bond acceptors (Lipinski definition) is 2. The molecule has 1 heterocycles. The predicted molar refractivity (Wildman–Crippen MR) is 182 cm³/mol. The van der Waals surface area contributed by atoms with Gasteiger partial charge in [-0.05, 0) is 88.2 Å². The lowest BCUT2D eigenvalue weighted by Crippen LogP contribution is -2.34. The van der Waals surface area contributed by atoms with Crippen molar-refractivity contribution < 1.29 is 0 Å². The first-order valence-corrected chi connectivity index (χ1v) is 15.7. The van der Waals surface area contributed by atoms with Crippen molar-refractivity contribution in [3.8, 4) is 0 Å². The third-order valence-corrected chi connectivity index (χ3v) is 10.4. The topological polar surface area (TPSA) is 3.24 Å². The van der Waals surface area contributed by atoms with Crippen LogP contribution in [0.4, 0.5) is 11.4 Å². The van der Waals surface area contributed by atoms with Crippen molar-refractivity contribution in [1.29, 1.82) is 0 Å². The van der Waals surface area contributed by atoms with Crippen LogP contribution in [0.1, 0.15) is 24.0 Å². The zero-order valence-corrected chi connectivity index (χ0v) is 24.1. The lowest BCUT2D eigenvalue weighted by Gasteiger charge is -2.32. The molecule has 3 aliphatic carbocycles. The third kappa shape index (κ3) is 3.62. The molecule has 1 nitrogen and oxygen atoms in total. The van der Waals surface area contributed by atoms with Crippen molar-refractivity contribution in [2.75, 3.05) is 4.90 Å². The molecule has 0 saturated heterocycles. The summed E-state index contributed by atoms with van der Waals surface area (Å²) in [7, 11) is 0. The van der Waals surface area contributed by atoms with Gasteiger partial charge in [-0.15, -0.1) is 11.3 Å². The summed E-state index contributed by atoms with van der Waals surface area (Å²) in [6, 6.07) is 35.9. The highest BCUT2D eigenvalue weighted by molar-refractivity contribution is 7.25. The lowest BCUT2D eigenvalue weighted by atomic mass is 9.84. The van der Waals surface area contributed by atoms with Crippen LogP contribution in [0.25, 0.3) is 48.7 Å². The average Bonchev–Trinajstić information content (AvgIpc) is 3.44. The molecule has 1 aromatic heterocycles. The molecule has 0 aliphatic heterocycles. The summed E-state index contributed by atoms with van der Waals surface area (Å²) < 4.78 is 2.77. The Morgan fingerprint density at radius 3 is 2.43 bits per heavy atom. The quantitative estimate of drug-likeness (QED) is 0.210. The molecule has 1 atom stereocenters. The van der Waals surface area contributed by atoms with E-state index in [1.165, 1.54) is 75.2 Å². The standard InChI is InChI=1S/C40H29NS/c1-2-11-29(12-3-1)41(30-21-22-32-27(24-30)20-23-38-40(32)35-16-8-9-17-37(35)42-38)36-25-28-19-18-26-10-4-5-13-31(26)39(28)34-15-7-6-14-33(34)36/h1-17,19-20,23-26H,18,21-22H2. The Balaban J connectivity index is 1.30. The maximum atomic E-state index is 2.53. The fraction of sp³-hybridized carbons (Fsp3) is 0.100. The fourth-order valence-electron chi connectivity index (χ4n) is 7.38. The molecule has 6 aromatic rings. The fourth-order valence-corrected chi connectivity index (χ4v) is 8.52. The van der Waals surface area contributed by atoms with Gasteiger partial charge in [0.2, 0.25) is 0 Å². The van der Waals surface area contributed by atoms with Gasteiger partial charge in [0.1, 0.15) is 0 Å². The number of benzene rings is 5. The number of thiophene rings is 1. The van der Waals surface area contributed by atoms with Crippen molar-refractivity contribution in [2.24, 2.45) is 5.92 Å². The van der Waals surface area contributed by atoms with Crippen LogP contribution in [0, 0.1) is 5.92 Å². The summed E-state index contributed by atoms with van der Waals surface area (Å²) in [5.41, 5.74) is 8.10. The van der Waals surface area contributed by atoms with Crippen LogP contribution in [0.15, 0.2) is 127 Å². The Kier molecular flexibility index (Phi) is 5.39. The smallest absolute Gasteiger partial charge is 0.0543 e. The molecule has 5 aromatic carbocycles. The summed E-state index contributed by atoms with van der Waals surface area (Å²) in [6.07, 6.45) is 17.1. The zero-order valence-electron chi connectivity index (χ0n) is 23.3. The molecule has 0 bridgehead atoms. The number of para-hydroxylation sites is 1. The van der Waals surface area contributed by atoms with Gasteiger partial charge in [0.05, 0.1) is 5.69 Å². The molecule has 1 unspecified atom stereocenters. The van der Waals surface area contributed by atoms with Crippen molar-refractivity contribution in [3.05, 3.63) is 149 Å². The Labute approximate surface area is 249 Å².